The molecule has 0 bridgehead atoms. The quantitative estimate of drug-likeness (QED) is 0.911. The van der Waals surface area contributed by atoms with Crippen molar-refractivity contribution in [2.45, 2.75) is 19.2 Å². The fourth-order valence-corrected chi connectivity index (χ4v) is 1.75. The van der Waals surface area contributed by atoms with Crippen LogP contribution in [0.3, 0.4) is 0 Å². The van der Waals surface area contributed by atoms with E-state index in [1.165, 1.54) is 12.3 Å². The zero-order chi connectivity index (χ0) is 14.0. The van der Waals surface area contributed by atoms with Gasteiger partial charge in [0.05, 0.1) is 11.3 Å². The van der Waals surface area contributed by atoms with Gasteiger partial charge in [-0.1, -0.05) is 0 Å². The van der Waals surface area contributed by atoms with Crippen LogP contribution in [-0.2, 0) is 6.18 Å². The molecule has 0 aliphatic heterocycles. The van der Waals surface area contributed by atoms with Crippen molar-refractivity contribution in [2.24, 2.45) is 0 Å². The normalized spacial score (nSPS) is 13.3. The average Bonchev–Trinajstić information content (AvgIpc) is 2.37. The van der Waals surface area contributed by atoms with Crippen molar-refractivity contribution in [3.8, 4) is 0 Å². The second-order valence-electron chi connectivity index (χ2n) is 4.12. The molecule has 0 aliphatic carbocycles. The molecule has 3 nitrogen and oxygen atoms in total. The van der Waals surface area contributed by atoms with Crippen molar-refractivity contribution >= 4 is 0 Å². The number of hydrogen-bond donors (Lipinski definition) is 1. The number of aromatic nitrogens is 2. The van der Waals surface area contributed by atoms with Crippen molar-refractivity contribution in [3.63, 3.8) is 0 Å². The molecule has 2 aromatic rings. The summed E-state index contributed by atoms with van der Waals surface area (Å²) in [7, 11) is 0. The minimum Gasteiger partial charge on any atom is -0.382 e. The first-order valence-corrected chi connectivity index (χ1v) is 5.51. The smallest absolute Gasteiger partial charge is 0.382 e. The molecule has 2 rings (SSSR count). The molecular formula is C13H11F3N2O. The first kappa shape index (κ1) is 13.5. The fourth-order valence-electron chi connectivity index (χ4n) is 1.75. The summed E-state index contributed by atoms with van der Waals surface area (Å²) in [5.41, 5.74) is -0.230. The molecule has 2 heterocycles. The highest BCUT2D eigenvalue weighted by atomic mass is 19.4. The molecule has 0 saturated heterocycles. The maximum absolute atomic E-state index is 12.8. The number of hydrogen-bond acceptors (Lipinski definition) is 3. The van der Waals surface area contributed by atoms with E-state index in [9.17, 15) is 18.3 Å². The lowest BCUT2D eigenvalue weighted by atomic mass is 10.0. The monoisotopic (exact) mass is 268 g/mol. The molecular weight excluding hydrogens is 257 g/mol. The van der Waals surface area contributed by atoms with Gasteiger partial charge in [0.1, 0.15) is 6.10 Å². The van der Waals surface area contributed by atoms with Crippen LogP contribution in [0.1, 0.15) is 28.5 Å². The van der Waals surface area contributed by atoms with E-state index in [1.54, 1.807) is 13.0 Å². The van der Waals surface area contributed by atoms with Gasteiger partial charge in [-0.3, -0.25) is 9.97 Å². The SMILES string of the molecule is Cc1ccnc(C(O)c2cnccc2C(F)(F)F)c1. The molecule has 0 spiro atoms. The van der Waals surface area contributed by atoms with Crippen LogP contribution in [0.25, 0.3) is 0 Å². The number of aliphatic hydroxyl groups is 1. The highest BCUT2D eigenvalue weighted by molar-refractivity contribution is 5.33. The molecule has 19 heavy (non-hydrogen) atoms. The number of alkyl halides is 3. The van der Waals surface area contributed by atoms with Crippen molar-refractivity contribution in [1.82, 2.24) is 9.97 Å². The Bertz CT molecular complexity index is 584. The van der Waals surface area contributed by atoms with E-state index in [0.717, 1.165) is 24.0 Å². The highest BCUT2D eigenvalue weighted by Crippen LogP contribution is 2.35. The molecule has 0 fully saturated rings. The summed E-state index contributed by atoms with van der Waals surface area (Å²) in [4.78, 5) is 7.53. The lowest BCUT2D eigenvalue weighted by Crippen LogP contribution is -2.14. The van der Waals surface area contributed by atoms with E-state index in [-0.39, 0.29) is 11.3 Å². The summed E-state index contributed by atoms with van der Waals surface area (Å²) >= 11 is 0. The maximum atomic E-state index is 12.8. The molecule has 1 N–H and O–H groups in total. The Morgan fingerprint density at radius 1 is 1.21 bits per heavy atom. The average molecular weight is 268 g/mol. The molecule has 6 heteroatoms. The van der Waals surface area contributed by atoms with Crippen LogP contribution < -0.4 is 0 Å². The van der Waals surface area contributed by atoms with Gasteiger partial charge in [-0.15, -0.1) is 0 Å². The fraction of sp³-hybridized carbons (Fsp3) is 0.231. The largest absolute Gasteiger partial charge is 0.416 e. The lowest BCUT2D eigenvalue weighted by Gasteiger charge is -2.16. The summed E-state index contributed by atoms with van der Waals surface area (Å²) < 4.78 is 38.5. The zero-order valence-electron chi connectivity index (χ0n) is 10.0. The van der Waals surface area contributed by atoms with Crippen LogP contribution in [0.4, 0.5) is 13.2 Å². The maximum Gasteiger partial charge on any atom is 0.416 e. The van der Waals surface area contributed by atoms with Gasteiger partial charge in [-0.25, -0.2) is 0 Å². The zero-order valence-corrected chi connectivity index (χ0v) is 10.0. The molecule has 0 aromatic carbocycles. The molecule has 100 valence electrons. The van der Waals surface area contributed by atoms with Crippen LogP contribution in [0.15, 0.2) is 36.8 Å². The van der Waals surface area contributed by atoms with Gasteiger partial charge < -0.3 is 5.11 Å². The van der Waals surface area contributed by atoms with Gasteiger partial charge in [0, 0.05) is 24.2 Å². The van der Waals surface area contributed by atoms with Crippen molar-refractivity contribution < 1.29 is 18.3 Å². The first-order valence-electron chi connectivity index (χ1n) is 5.51. The summed E-state index contributed by atoms with van der Waals surface area (Å²) in [5.74, 6) is 0. The van der Waals surface area contributed by atoms with Gasteiger partial charge in [0.25, 0.3) is 0 Å². The summed E-state index contributed by atoms with van der Waals surface area (Å²) in [6.07, 6.45) is -2.49. The minimum absolute atomic E-state index is 0.165. The van der Waals surface area contributed by atoms with Crippen molar-refractivity contribution in [1.29, 1.82) is 0 Å². The topological polar surface area (TPSA) is 46.0 Å². The van der Waals surface area contributed by atoms with Gasteiger partial charge in [-0.05, 0) is 30.7 Å². The second-order valence-corrected chi connectivity index (χ2v) is 4.12. The summed E-state index contributed by atoms with van der Waals surface area (Å²) in [6, 6.07) is 4.08. The predicted molar refractivity (Wildman–Crippen MR) is 62.3 cm³/mol. The van der Waals surface area contributed by atoms with Crippen LogP contribution in [-0.4, -0.2) is 15.1 Å². The molecule has 0 saturated carbocycles. The molecule has 0 aliphatic rings. The van der Waals surface area contributed by atoms with E-state index < -0.39 is 17.8 Å². The second kappa shape index (κ2) is 4.97. The van der Waals surface area contributed by atoms with Crippen molar-refractivity contribution in [2.75, 3.05) is 0 Å². The molecule has 1 unspecified atom stereocenters. The van der Waals surface area contributed by atoms with Crippen LogP contribution in [0.5, 0.6) is 0 Å². The lowest BCUT2D eigenvalue weighted by molar-refractivity contribution is -0.139. The Labute approximate surface area is 107 Å². The Hall–Kier alpha value is -1.95. The van der Waals surface area contributed by atoms with Gasteiger partial charge >= 0.3 is 6.18 Å². The molecule has 0 radical (unpaired) electrons. The van der Waals surface area contributed by atoms with Crippen LogP contribution in [0.2, 0.25) is 0 Å². The molecule has 2 aromatic heterocycles. The third-order valence-corrected chi connectivity index (χ3v) is 2.67. The van der Waals surface area contributed by atoms with E-state index in [1.807, 2.05) is 0 Å². The van der Waals surface area contributed by atoms with E-state index in [4.69, 9.17) is 0 Å². The number of nitrogens with zero attached hydrogens (tertiary/aromatic N) is 2. The van der Waals surface area contributed by atoms with E-state index in [2.05, 4.69) is 9.97 Å². The van der Waals surface area contributed by atoms with Crippen molar-refractivity contribution in [3.05, 3.63) is 59.2 Å². The molecule has 1 atom stereocenters. The minimum atomic E-state index is -4.54. The summed E-state index contributed by atoms with van der Waals surface area (Å²) in [6.45, 7) is 1.77. The Morgan fingerprint density at radius 2 is 1.95 bits per heavy atom. The highest BCUT2D eigenvalue weighted by Gasteiger charge is 2.35. The number of halogens is 3. The Kier molecular flexibility index (Phi) is 3.53. The van der Waals surface area contributed by atoms with E-state index in [0.29, 0.717) is 0 Å². The van der Waals surface area contributed by atoms with Crippen LogP contribution >= 0.6 is 0 Å². The van der Waals surface area contributed by atoms with Gasteiger partial charge in [0.15, 0.2) is 0 Å². The number of aliphatic hydroxyl groups excluding tert-OH is 1. The molecule has 0 amide bonds. The van der Waals surface area contributed by atoms with Crippen LogP contribution in [0, 0.1) is 6.92 Å². The van der Waals surface area contributed by atoms with E-state index >= 15 is 0 Å². The first-order chi connectivity index (χ1) is 8.89. The van der Waals surface area contributed by atoms with Gasteiger partial charge in [0.2, 0.25) is 0 Å². The standard InChI is InChI=1S/C13H11F3N2O/c1-8-2-5-18-11(6-8)12(19)9-7-17-4-3-10(9)13(14,15)16/h2-7,12,19H,1H3. The third-order valence-electron chi connectivity index (χ3n) is 2.67. The predicted octanol–water partition coefficient (Wildman–Crippen LogP) is 2.89. The van der Waals surface area contributed by atoms with Gasteiger partial charge in [-0.2, -0.15) is 13.2 Å². The Morgan fingerprint density at radius 3 is 2.58 bits per heavy atom. The Balaban J connectivity index is 2.48. The third kappa shape index (κ3) is 2.90. The number of aryl methyl sites for hydroxylation is 1. The number of rotatable bonds is 2. The summed E-state index contributed by atoms with van der Waals surface area (Å²) in [5, 5.41) is 10.1. The number of pyridine rings is 2.